The lowest BCUT2D eigenvalue weighted by Crippen LogP contribution is -2.34. The van der Waals surface area contributed by atoms with Crippen molar-refractivity contribution in [3.63, 3.8) is 0 Å². The molecule has 1 N–H and O–H groups in total. The Balaban J connectivity index is 1.52. The molecule has 8 nitrogen and oxygen atoms in total. The average Bonchev–Trinajstić information content (AvgIpc) is 2.84. The zero-order chi connectivity index (χ0) is 23.0. The Hall–Kier alpha value is -2.20. The standard InChI is InChI=1S/C23H29Br2N7O/c1-2-13-33-20-18(24)14-17(15-19(20)25)16-26-30-21-27-22(31-9-5-3-6-10-31)29-23(28-21)32-11-7-4-8-12-32/h2,14-16H,1,3-13H2,(H,27,28,29,30). The largest absolute Gasteiger partial charge is 0.487 e. The Morgan fingerprint density at radius 2 is 1.45 bits per heavy atom. The third-order valence-corrected chi connectivity index (χ3v) is 6.81. The molecule has 4 rings (SSSR count). The molecular formula is C23H29Br2N7O. The fraction of sp³-hybridized carbons (Fsp3) is 0.478. The van der Waals surface area contributed by atoms with E-state index in [1.807, 2.05) is 12.1 Å². The van der Waals surface area contributed by atoms with Crippen LogP contribution in [0.25, 0.3) is 0 Å². The van der Waals surface area contributed by atoms with Crippen LogP contribution in [0.15, 0.2) is 38.8 Å². The number of benzene rings is 1. The quantitative estimate of drug-likeness (QED) is 0.256. The van der Waals surface area contributed by atoms with Crippen molar-refractivity contribution in [2.45, 2.75) is 38.5 Å². The zero-order valence-electron chi connectivity index (χ0n) is 18.6. The summed E-state index contributed by atoms with van der Waals surface area (Å²) in [5.74, 6) is 2.66. The molecule has 2 aromatic rings. The number of hydrogen-bond donors (Lipinski definition) is 1. The molecule has 0 unspecified atom stereocenters. The number of anilines is 3. The predicted molar refractivity (Wildman–Crippen MR) is 141 cm³/mol. The molecule has 2 fully saturated rings. The number of nitrogens with zero attached hydrogens (tertiary/aromatic N) is 6. The summed E-state index contributed by atoms with van der Waals surface area (Å²) in [6.07, 6.45) is 10.6. The monoisotopic (exact) mass is 577 g/mol. The lowest BCUT2D eigenvalue weighted by atomic mass is 10.1. The molecule has 1 aromatic heterocycles. The summed E-state index contributed by atoms with van der Waals surface area (Å²) in [6, 6.07) is 3.89. The van der Waals surface area contributed by atoms with Crippen molar-refractivity contribution in [3.05, 3.63) is 39.3 Å². The molecule has 0 amide bonds. The van der Waals surface area contributed by atoms with E-state index in [2.05, 4.69) is 68.7 Å². The minimum absolute atomic E-state index is 0.435. The lowest BCUT2D eigenvalue weighted by Gasteiger charge is -2.30. The second kappa shape index (κ2) is 11.8. The molecule has 1 aromatic carbocycles. The van der Waals surface area contributed by atoms with Crippen LogP contribution in [-0.2, 0) is 0 Å². The molecule has 0 bridgehead atoms. The summed E-state index contributed by atoms with van der Waals surface area (Å²) in [7, 11) is 0. The Labute approximate surface area is 211 Å². The van der Waals surface area contributed by atoms with Gasteiger partial charge in [-0.1, -0.05) is 12.7 Å². The van der Waals surface area contributed by atoms with E-state index in [4.69, 9.17) is 9.72 Å². The van der Waals surface area contributed by atoms with Crippen molar-refractivity contribution < 1.29 is 4.74 Å². The van der Waals surface area contributed by atoms with Crippen molar-refractivity contribution in [2.24, 2.45) is 5.10 Å². The SMILES string of the molecule is C=CCOc1c(Br)cc(C=NNc2nc(N3CCCCC3)nc(N3CCCCC3)n2)cc1Br. The van der Waals surface area contributed by atoms with Gasteiger partial charge in [0.2, 0.25) is 17.8 Å². The number of halogens is 2. The van der Waals surface area contributed by atoms with E-state index >= 15 is 0 Å². The minimum atomic E-state index is 0.435. The van der Waals surface area contributed by atoms with Crippen LogP contribution in [0.4, 0.5) is 17.8 Å². The Morgan fingerprint density at radius 1 is 0.909 bits per heavy atom. The van der Waals surface area contributed by atoms with Crippen LogP contribution in [0.3, 0.4) is 0 Å². The second-order valence-corrected chi connectivity index (χ2v) is 9.85. The van der Waals surface area contributed by atoms with Gasteiger partial charge >= 0.3 is 0 Å². The molecule has 0 radical (unpaired) electrons. The van der Waals surface area contributed by atoms with E-state index < -0.39 is 0 Å². The van der Waals surface area contributed by atoms with Gasteiger partial charge in [0.25, 0.3) is 0 Å². The summed E-state index contributed by atoms with van der Waals surface area (Å²) in [4.78, 5) is 18.7. The molecule has 2 aliphatic heterocycles. The number of piperidine rings is 2. The van der Waals surface area contributed by atoms with Crippen molar-refractivity contribution in [1.29, 1.82) is 0 Å². The molecule has 0 spiro atoms. The summed E-state index contributed by atoms with van der Waals surface area (Å²) in [5, 5.41) is 4.39. The maximum absolute atomic E-state index is 5.68. The molecule has 0 aliphatic carbocycles. The van der Waals surface area contributed by atoms with Crippen LogP contribution >= 0.6 is 31.9 Å². The molecule has 33 heavy (non-hydrogen) atoms. The summed E-state index contributed by atoms with van der Waals surface area (Å²) in [5.41, 5.74) is 3.92. The highest BCUT2D eigenvalue weighted by molar-refractivity contribution is 9.11. The molecule has 0 saturated carbocycles. The average molecular weight is 579 g/mol. The molecular weight excluding hydrogens is 550 g/mol. The van der Waals surface area contributed by atoms with E-state index in [0.29, 0.717) is 12.6 Å². The smallest absolute Gasteiger partial charge is 0.250 e. The topological polar surface area (TPSA) is 78.8 Å². The van der Waals surface area contributed by atoms with Crippen LogP contribution in [0.5, 0.6) is 5.75 Å². The van der Waals surface area contributed by atoms with E-state index in [1.165, 1.54) is 38.5 Å². The van der Waals surface area contributed by atoms with Gasteiger partial charge < -0.3 is 14.5 Å². The van der Waals surface area contributed by atoms with Gasteiger partial charge in [-0.25, -0.2) is 5.43 Å². The van der Waals surface area contributed by atoms with E-state index in [-0.39, 0.29) is 0 Å². The third kappa shape index (κ3) is 6.44. The van der Waals surface area contributed by atoms with Gasteiger partial charge in [-0.3, -0.25) is 0 Å². The first-order valence-electron chi connectivity index (χ1n) is 11.4. The van der Waals surface area contributed by atoms with E-state index in [1.54, 1.807) is 12.3 Å². The molecule has 0 atom stereocenters. The van der Waals surface area contributed by atoms with Crippen molar-refractivity contribution in [1.82, 2.24) is 15.0 Å². The minimum Gasteiger partial charge on any atom is -0.487 e. The lowest BCUT2D eigenvalue weighted by molar-refractivity contribution is 0.358. The Kier molecular flexibility index (Phi) is 8.55. The summed E-state index contributed by atoms with van der Waals surface area (Å²) >= 11 is 7.11. The van der Waals surface area contributed by atoms with Crippen LogP contribution in [0.2, 0.25) is 0 Å². The third-order valence-electron chi connectivity index (χ3n) is 5.63. The zero-order valence-corrected chi connectivity index (χ0v) is 21.8. The highest BCUT2D eigenvalue weighted by atomic mass is 79.9. The van der Waals surface area contributed by atoms with Gasteiger partial charge in [-0.2, -0.15) is 20.1 Å². The molecule has 2 aliphatic rings. The first kappa shape index (κ1) is 23.9. The normalized spacial score (nSPS) is 16.8. The van der Waals surface area contributed by atoms with Crippen LogP contribution in [0, 0.1) is 0 Å². The Bertz CT molecular complexity index is 930. The van der Waals surface area contributed by atoms with E-state index in [0.717, 1.165) is 58.3 Å². The van der Waals surface area contributed by atoms with Gasteiger partial charge in [0.15, 0.2) is 0 Å². The summed E-state index contributed by atoms with van der Waals surface area (Å²) < 4.78 is 7.35. The fourth-order valence-electron chi connectivity index (χ4n) is 3.97. The molecule has 2 saturated heterocycles. The van der Waals surface area contributed by atoms with Crippen molar-refractivity contribution >= 4 is 55.9 Å². The molecule has 176 valence electrons. The first-order chi connectivity index (χ1) is 16.1. The van der Waals surface area contributed by atoms with Crippen LogP contribution < -0.4 is 20.0 Å². The first-order valence-corrected chi connectivity index (χ1v) is 13.0. The number of hydrazone groups is 1. The van der Waals surface area contributed by atoms with Crippen molar-refractivity contribution in [3.8, 4) is 5.75 Å². The highest BCUT2D eigenvalue weighted by Gasteiger charge is 2.20. The highest BCUT2D eigenvalue weighted by Crippen LogP contribution is 2.34. The van der Waals surface area contributed by atoms with E-state index in [9.17, 15) is 0 Å². The predicted octanol–water partition coefficient (Wildman–Crippen LogP) is 5.39. The van der Waals surface area contributed by atoms with Gasteiger partial charge in [-0.05, 0) is 88.1 Å². The van der Waals surface area contributed by atoms with Gasteiger partial charge in [0.05, 0.1) is 15.2 Å². The number of hydrogen-bond acceptors (Lipinski definition) is 8. The maximum atomic E-state index is 5.68. The van der Waals surface area contributed by atoms with Crippen molar-refractivity contribution in [2.75, 3.05) is 48.0 Å². The second-order valence-electron chi connectivity index (χ2n) is 8.14. The maximum Gasteiger partial charge on any atom is 0.250 e. The van der Waals surface area contributed by atoms with Crippen LogP contribution in [0.1, 0.15) is 44.1 Å². The number of aromatic nitrogens is 3. The molecule has 10 heteroatoms. The van der Waals surface area contributed by atoms with Gasteiger partial charge in [0.1, 0.15) is 12.4 Å². The molecule has 3 heterocycles. The number of nitrogens with one attached hydrogen (secondary N) is 1. The van der Waals surface area contributed by atoms with Gasteiger partial charge in [0, 0.05) is 26.2 Å². The Morgan fingerprint density at radius 3 is 1.97 bits per heavy atom. The number of ether oxygens (including phenoxy) is 1. The summed E-state index contributed by atoms with van der Waals surface area (Å²) in [6.45, 7) is 8.04. The number of rotatable bonds is 8. The van der Waals surface area contributed by atoms with Crippen LogP contribution in [-0.4, -0.2) is 54.0 Å². The fourth-order valence-corrected chi connectivity index (χ4v) is 5.42. The van der Waals surface area contributed by atoms with Gasteiger partial charge in [-0.15, -0.1) is 0 Å².